The lowest BCUT2D eigenvalue weighted by Gasteiger charge is -2.37. The van der Waals surface area contributed by atoms with Crippen LogP contribution in [0.2, 0.25) is 0 Å². The number of Topliss-reactive ketones (excluding diaryl/α,β-unsaturated/α-hetero) is 3. The number of carbonyl (C=O) groups excluding carboxylic acids is 3. The van der Waals surface area contributed by atoms with Gasteiger partial charge < -0.3 is 9.64 Å². The van der Waals surface area contributed by atoms with Crippen molar-refractivity contribution >= 4 is 29.1 Å². The van der Waals surface area contributed by atoms with E-state index in [1.807, 2.05) is 0 Å². The predicted octanol–water partition coefficient (Wildman–Crippen LogP) is 6.29. The maximum atomic E-state index is 14.6. The van der Waals surface area contributed by atoms with E-state index in [2.05, 4.69) is 0 Å². The van der Waals surface area contributed by atoms with Crippen LogP contribution in [0.25, 0.3) is 6.08 Å². The smallest absolute Gasteiger partial charge is 0.186 e. The van der Waals surface area contributed by atoms with Gasteiger partial charge in [-0.3, -0.25) is 14.4 Å². The van der Waals surface area contributed by atoms with Crippen molar-refractivity contribution in [1.29, 1.82) is 0 Å². The monoisotopic (exact) mass is 547 g/mol. The van der Waals surface area contributed by atoms with Gasteiger partial charge in [-0.1, -0.05) is 60.7 Å². The van der Waals surface area contributed by atoms with Crippen LogP contribution >= 0.6 is 0 Å². The van der Waals surface area contributed by atoms with Crippen LogP contribution in [-0.4, -0.2) is 36.5 Å². The number of methoxy groups -OCH3 is 1. The van der Waals surface area contributed by atoms with E-state index in [0.29, 0.717) is 28.1 Å². The molecule has 1 unspecified atom stereocenters. The van der Waals surface area contributed by atoms with Gasteiger partial charge in [0.1, 0.15) is 28.8 Å². The average Bonchev–Trinajstić information content (AvgIpc) is 3.43. The Hall–Kier alpha value is -4.91. The molecule has 1 saturated heterocycles. The first kappa shape index (κ1) is 25.1. The summed E-state index contributed by atoms with van der Waals surface area (Å²) in [5, 5.41) is 0. The SMILES string of the molecule is COc1cccc(C(=O)[C@H]2[C@H](c3ccc(F)cc3)C3(C(=O)c4ccccc4C3=O)C3C=Cc4cc(F)ccc4N32)c1. The van der Waals surface area contributed by atoms with E-state index in [4.69, 9.17) is 4.74 Å². The first-order valence-corrected chi connectivity index (χ1v) is 13.2. The number of hydrogen-bond donors (Lipinski definition) is 0. The Balaban J connectivity index is 1.54. The fourth-order valence-corrected chi connectivity index (χ4v) is 6.94. The summed E-state index contributed by atoms with van der Waals surface area (Å²) in [6.07, 6.45) is 3.42. The number of nitrogens with zero attached hydrogens (tertiary/aromatic N) is 1. The molecule has 0 saturated carbocycles. The molecule has 41 heavy (non-hydrogen) atoms. The minimum atomic E-state index is -1.72. The zero-order valence-electron chi connectivity index (χ0n) is 21.9. The van der Waals surface area contributed by atoms with Gasteiger partial charge in [-0.25, -0.2) is 8.78 Å². The summed E-state index contributed by atoms with van der Waals surface area (Å²) >= 11 is 0. The molecule has 1 aliphatic carbocycles. The second kappa shape index (κ2) is 9.06. The lowest BCUT2D eigenvalue weighted by atomic mass is 9.64. The van der Waals surface area contributed by atoms with Gasteiger partial charge in [0.15, 0.2) is 17.3 Å². The van der Waals surface area contributed by atoms with Crippen molar-refractivity contribution in [3.8, 4) is 5.75 Å². The first-order chi connectivity index (χ1) is 19.9. The molecular formula is C34H23F2NO4. The number of halogens is 2. The van der Waals surface area contributed by atoms with Gasteiger partial charge in [-0.2, -0.15) is 0 Å². The second-order valence-electron chi connectivity index (χ2n) is 10.6. The average molecular weight is 548 g/mol. The minimum Gasteiger partial charge on any atom is -0.497 e. The summed E-state index contributed by atoms with van der Waals surface area (Å²) in [6, 6.07) is 21.3. The topological polar surface area (TPSA) is 63.7 Å². The Morgan fingerprint density at radius 2 is 1.51 bits per heavy atom. The summed E-state index contributed by atoms with van der Waals surface area (Å²) in [5.41, 5.74) is 0.716. The molecule has 202 valence electrons. The van der Waals surface area contributed by atoms with Crippen molar-refractivity contribution in [3.05, 3.63) is 137 Å². The number of ether oxygens (including phenoxy) is 1. The van der Waals surface area contributed by atoms with Gasteiger partial charge in [0.25, 0.3) is 0 Å². The first-order valence-electron chi connectivity index (χ1n) is 13.2. The largest absolute Gasteiger partial charge is 0.497 e. The molecule has 0 radical (unpaired) electrons. The molecular weight excluding hydrogens is 524 g/mol. The van der Waals surface area contributed by atoms with E-state index in [1.165, 1.54) is 43.5 Å². The Labute approximate surface area is 234 Å². The third-order valence-electron chi connectivity index (χ3n) is 8.62. The highest BCUT2D eigenvalue weighted by molar-refractivity contribution is 6.32. The third kappa shape index (κ3) is 3.41. The van der Waals surface area contributed by atoms with Crippen molar-refractivity contribution in [1.82, 2.24) is 0 Å². The fourth-order valence-electron chi connectivity index (χ4n) is 6.94. The molecule has 4 aromatic rings. The van der Waals surface area contributed by atoms with Crippen molar-refractivity contribution in [2.24, 2.45) is 5.41 Å². The molecule has 1 fully saturated rings. The summed E-state index contributed by atoms with van der Waals surface area (Å²) < 4.78 is 33.9. The maximum absolute atomic E-state index is 14.6. The molecule has 2 aliphatic heterocycles. The molecule has 2 heterocycles. The molecule has 5 nitrogen and oxygen atoms in total. The number of hydrogen-bond acceptors (Lipinski definition) is 5. The van der Waals surface area contributed by atoms with Crippen LogP contribution in [0.15, 0.2) is 97.1 Å². The summed E-state index contributed by atoms with van der Waals surface area (Å²) in [7, 11) is 1.50. The van der Waals surface area contributed by atoms with Gasteiger partial charge in [0.2, 0.25) is 0 Å². The molecule has 0 bridgehead atoms. The molecule has 7 heteroatoms. The number of fused-ring (bicyclic) bond motifs is 5. The highest BCUT2D eigenvalue weighted by Gasteiger charge is 2.71. The highest BCUT2D eigenvalue weighted by Crippen LogP contribution is 2.61. The van der Waals surface area contributed by atoms with E-state index in [9.17, 15) is 23.2 Å². The van der Waals surface area contributed by atoms with Gasteiger partial charge in [0, 0.05) is 33.9 Å². The standard InChI is InChI=1S/C34H23F2NO4/c1-41-24-6-4-5-21(18-24)31(38)30-29(19-9-12-22(35)13-10-19)34(32(39)25-7-2-3-8-26(25)33(34)40)28-16-11-20-17-23(36)14-15-27(20)37(28)30/h2-18,28-30H,1H3/t28?,29-,30+/m0/s1. The Kier molecular flexibility index (Phi) is 5.54. The summed E-state index contributed by atoms with van der Waals surface area (Å²) in [5.74, 6) is -2.58. The number of ketones is 3. The number of rotatable bonds is 4. The van der Waals surface area contributed by atoms with E-state index in [-0.39, 0.29) is 16.9 Å². The van der Waals surface area contributed by atoms with Crippen molar-refractivity contribution in [2.45, 2.75) is 18.0 Å². The molecule has 7 rings (SSSR count). The number of anilines is 1. The molecule has 0 aromatic heterocycles. The van der Waals surface area contributed by atoms with Crippen LogP contribution in [0.4, 0.5) is 14.5 Å². The van der Waals surface area contributed by atoms with Crippen molar-refractivity contribution in [3.63, 3.8) is 0 Å². The lowest BCUT2D eigenvalue weighted by Crippen LogP contribution is -2.48. The Morgan fingerprint density at radius 3 is 2.20 bits per heavy atom. The zero-order valence-corrected chi connectivity index (χ0v) is 21.9. The molecule has 3 aliphatic rings. The highest BCUT2D eigenvalue weighted by atomic mass is 19.1. The van der Waals surface area contributed by atoms with Gasteiger partial charge in [-0.05, 0) is 48.0 Å². The van der Waals surface area contributed by atoms with Crippen molar-refractivity contribution < 1.29 is 27.9 Å². The maximum Gasteiger partial charge on any atom is 0.186 e. The Bertz CT molecular complexity index is 1760. The van der Waals surface area contributed by atoms with Crippen molar-refractivity contribution in [2.75, 3.05) is 12.0 Å². The van der Waals surface area contributed by atoms with E-state index in [1.54, 1.807) is 71.6 Å². The quantitative estimate of drug-likeness (QED) is 0.222. The molecule has 3 atom stereocenters. The van der Waals surface area contributed by atoms with Crippen LogP contribution in [-0.2, 0) is 0 Å². The third-order valence-corrected chi connectivity index (χ3v) is 8.62. The van der Waals surface area contributed by atoms with Gasteiger partial charge in [0.05, 0.1) is 13.2 Å². The van der Waals surface area contributed by atoms with Crippen LogP contribution in [0.1, 0.15) is 48.1 Å². The van der Waals surface area contributed by atoms with E-state index < -0.39 is 46.6 Å². The fraction of sp³-hybridized carbons (Fsp3) is 0.147. The van der Waals surface area contributed by atoms with Crippen LogP contribution in [0.3, 0.4) is 0 Å². The van der Waals surface area contributed by atoms with E-state index in [0.717, 1.165) is 0 Å². The molecule has 4 aromatic carbocycles. The van der Waals surface area contributed by atoms with E-state index >= 15 is 0 Å². The van der Waals surface area contributed by atoms with Gasteiger partial charge >= 0.3 is 0 Å². The molecule has 0 amide bonds. The van der Waals surface area contributed by atoms with Crippen LogP contribution in [0.5, 0.6) is 5.75 Å². The Morgan fingerprint density at radius 1 is 0.829 bits per heavy atom. The lowest BCUT2D eigenvalue weighted by molar-refractivity contribution is 0.0666. The van der Waals surface area contributed by atoms with Crippen LogP contribution in [0, 0.1) is 17.0 Å². The second-order valence-corrected chi connectivity index (χ2v) is 10.6. The zero-order chi connectivity index (χ0) is 28.5. The number of benzene rings is 4. The number of carbonyl (C=O) groups is 3. The summed E-state index contributed by atoms with van der Waals surface area (Å²) in [6.45, 7) is 0. The predicted molar refractivity (Wildman–Crippen MR) is 149 cm³/mol. The normalized spacial score (nSPS) is 21.5. The molecule has 0 N–H and O–H groups in total. The molecule has 1 spiro atoms. The minimum absolute atomic E-state index is 0.289. The van der Waals surface area contributed by atoms with Gasteiger partial charge in [-0.15, -0.1) is 0 Å². The van der Waals surface area contributed by atoms with Crippen LogP contribution < -0.4 is 9.64 Å². The summed E-state index contributed by atoms with van der Waals surface area (Å²) in [4.78, 5) is 45.5.